The van der Waals surface area contributed by atoms with Crippen LogP contribution in [0.2, 0.25) is 0 Å². The summed E-state index contributed by atoms with van der Waals surface area (Å²) in [6.45, 7) is 5.80. The molecule has 2 aromatic carbocycles. The smallest absolute Gasteiger partial charge is 0.270 e. The van der Waals surface area contributed by atoms with Crippen LogP contribution >= 0.6 is 0 Å². The number of nitrogens with one attached hydrogen (secondary N) is 2. The van der Waals surface area contributed by atoms with Crippen LogP contribution in [0.25, 0.3) is 10.9 Å². The van der Waals surface area contributed by atoms with Crippen LogP contribution in [0, 0.1) is 28.4 Å². The van der Waals surface area contributed by atoms with Gasteiger partial charge in [0, 0.05) is 36.6 Å². The Bertz CT molecular complexity index is 1550. The summed E-state index contributed by atoms with van der Waals surface area (Å²) in [6, 6.07) is 11.1. The Hall–Kier alpha value is -4.26. The van der Waals surface area contributed by atoms with E-state index in [9.17, 15) is 28.4 Å². The average molecular weight is 534 g/mol. The van der Waals surface area contributed by atoms with Crippen LogP contribution in [0.4, 0.5) is 14.5 Å². The maximum Gasteiger partial charge on any atom is 0.270 e. The summed E-state index contributed by atoms with van der Waals surface area (Å²) >= 11 is 0. The van der Waals surface area contributed by atoms with Crippen molar-refractivity contribution >= 4 is 34.3 Å². The van der Waals surface area contributed by atoms with E-state index in [0.29, 0.717) is 5.69 Å². The molecule has 1 spiro atoms. The maximum absolute atomic E-state index is 14.3. The van der Waals surface area contributed by atoms with Gasteiger partial charge < -0.3 is 20.1 Å². The third-order valence-electron chi connectivity index (χ3n) is 7.72. The summed E-state index contributed by atoms with van der Waals surface area (Å²) in [4.78, 5) is 46.3. The second-order valence-corrected chi connectivity index (χ2v) is 11.6. The molecule has 0 saturated carbocycles. The normalized spacial score (nSPS) is 21.1. The molecule has 0 radical (unpaired) electrons. The van der Waals surface area contributed by atoms with E-state index in [1.54, 1.807) is 6.07 Å². The predicted octanol–water partition coefficient (Wildman–Crippen LogP) is 4.34. The van der Waals surface area contributed by atoms with Crippen molar-refractivity contribution in [1.82, 2.24) is 14.8 Å². The molecule has 1 aromatic heterocycles. The zero-order chi connectivity index (χ0) is 28.3. The number of hydrogen-bond acceptors (Lipinski definition) is 4. The van der Waals surface area contributed by atoms with Crippen LogP contribution in [0.5, 0.6) is 0 Å². The lowest BCUT2D eigenvalue weighted by Crippen LogP contribution is -2.52. The molecule has 8 nitrogen and oxygen atoms in total. The zero-order valence-corrected chi connectivity index (χ0v) is 22.1. The molecule has 3 heterocycles. The first kappa shape index (κ1) is 26.4. The van der Waals surface area contributed by atoms with Crippen LogP contribution in [-0.4, -0.2) is 58.2 Å². The molecule has 3 aromatic rings. The second kappa shape index (κ2) is 9.19. The number of H-pyrrole nitrogens is 1. The second-order valence-electron chi connectivity index (χ2n) is 11.6. The number of carbonyl (C=O) groups excluding carboxylic acids is 3. The van der Waals surface area contributed by atoms with Gasteiger partial charge in [-0.3, -0.25) is 14.4 Å². The van der Waals surface area contributed by atoms with Crippen molar-refractivity contribution in [3.63, 3.8) is 0 Å². The number of para-hydroxylation sites is 1. The van der Waals surface area contributed by atoms with Gasteiger partial charge in [0.25, 0.3) is 5.91 Å². The number of halogens is 2. The first-order valence-electron chi connectivity index (χ1n) is 12.7. The van der Waals surface area contributed by atoms with Crippen LogP contribution in [0.15, 0.2) is 42.5 Å². The lowest BCUT2D eigenvalue weighted by atomic mass is 9.80. The SMILES string of the molecule is CN(C(=O)c1cc2c(F)c(F)ccc2[nH]1)[C@@H](CC(C)(C)C)C(=O)N1C[C@]2(C[C@H]1C#N)C(=O)Nc1ccccc12. The first-order chi connectivity index (χ1) is 18.4. The van der Waals surface area contributed by atoms with Crippen molar-refractivity contribution in [2.45, 2.75) is 51.1 Å². The standard InChI is InChI=1S/C29H29F2N5O3/c1-28(2,3)13-23(35(4)25(37)22-11-17-20(33-22)10-9-19(30)24(17)31)26(38)36-15-29(12-16(36)14-32)18-7-5-6-8-21(18)34-27(29)39/h5-11,16,23,33H,12-13,15H2,1-4H3,(H,34,39)/t16-,23-,29-/m0/s1. The number of likely N-dealkylation sites (N-methyl/N-ethyl adjacent to an activating group) is 1. The van der Waals surface area contributed by atoms with Gasteiger partial charge in [-0.2, -0.15) is 5.26 Å². The molecular weight excluding hydrogens is 504 g/mol. The molecule has 2 N–H and O–H groups in total. The van der Waals surface area contributed by atoms with Gasteiger partial charge >= 0.3 is 0 Å². The highest BCUT2D eigenvalue weighted by Crippen LogP contribution is 2.46. The summed E-state index contributed by atoms with van der Waals surface area (Å²) in [5.74, 6) is -3.39. The number of amides is 3. The van der Waals surface area contributed by atoms with E-state index in [2.05, 4.69) is 16.4 Å². The van der Waals surface area contributed by atoms with Crippen LogP contribution in [-0.2, 0) is 15.0 Å². The number of rotatable bonds is 4. The van der Waals surface area contributed by atoms with Gasteiger partial charge in [-0.15, -0.1) is 0 Å². The van der Waals surface area contributed by atoms with E-state index >= 15 is 0 Å². The molecule has 202 valence electrons. The van der Waals surface area contributed by atoms with Crippen LogP contribution in [0.3, 0.4) is 0 Å². The van der Waals surface area contributed by atoms with Gasteiger partial charge in [0.05, 0.1) is 11.5 Å². The van der Waals surface area contributed by atoms with Gasteiger partial charge in [-0.25, -0.2) is 8.78 Å². The van der Waals surface area contributed by atoms with Crippen molar-refractivity contribution < 1.29 is 23.2 Å². The fraction of sp³-hybridized carbons (Fsp3) is 0.379. The Morgan fingerprint density at radius 1 is 1.23 bits per heavy atom. The van der Waals surface area contributed by atoms with Crippen molar-refractivity contribution in [3.05, 3.63) is 65.4 Å². The van der Waals surface area contributed by atoms with Crippen molar-refractivity contribution in [3.8, 4) is 6.07 Å². The number of benzene rings is 2. The molecule has 0 aliphatic carbocycles. The van der Waals surface area contributed by atoms with E-state index in [0.717, 1.165) is 11.6 Å². The minimum atomic E-state index is -1.07. The summed E-state index contributed by atoms with van der Waals surface area (Å²) < 4.78 is 28.0. The van der Waals surface area contributed by atoms with Crippen molar-refractivity contribution in [1.29, 1.82) is 5.26 Å². The molecular formula is C29H29F2N5O3. The number of aromatic amines is 1. The number of likely N-dealkylation sites (tertiary alicyclic amines) is 1. The molecule has 2 aliphatic rings. The molecule has 10 heteroatoms. The molecule has 2 aliphatic heterocycles. The molecule has 5 rings (SSSR count). The number of nitriles is 1. The molecule has 1 fully saturated rings. The minimum Gasteiger partial charge on any atom is -0.350 e. The van der Waals surface area contributed by atoms with Gasteiger partial charge in [0.1, 0.15) is 17.8 Å². The Morgan fingerprint density at radius 2 is 1.95 bits per heavy atom. The fourth-order valence-electron chi connectivity index (χ4n) is 5.74. The van der Waals surface area contributed by atoms with Crippen molar-refractivity contribution in [2.24, 2.45) is 5.41 Å². The summed E-state index contributed by atoms with van der Waals surface area (Å²) in [7, 11) is 1.48. The van der Waals surface area contributed by atoms with Crippen molar-refractivity contribution in [2.75, 3.05) is 18.9 Å². The topological polar surface area (TPSA) is 109 Å². The summed E-state index contributed by atoms with van der Waals surface area (Å²) in [6.07, 6.45) is 0.409. The number of carbonyl (C=O) groups is 3. The third kappa shape index (κ3) is 4.32. The van der Waals surface area contributed by atoms with Crippen LogP contribution in [0.1, 0.15) is 49.7 Å². The lowest BCUT2D eigenvalue weighted by molar-refractivity contribution is -0.137. The monoisotopic (exact) mass is 533 g/mol. The van der Waals surface area contributed by atoms with Gasteiger partial charge in [0.2, 0.25) is 11.8 Å². The number of aromatic nitrogens is 1. The van der Waals surface area contributed by atoms with Gasteiger partial charge in [-0.05, 0) is 41.7 Å². The minimum absolute atomic E-state index is 0.00235. The average Bonchev–Trinajstić information content (AvgIpc) is 3.58. The Labute approximate surface area is 224 Å². The van der Waals surface area contributed by atoms with Crippen LogP contribution < -0.4 is 5.32 Å². The first-order valence-corrected chi connectivity index (χ1v) is 12.7. The van der Waals surface area contributed by atoms with Gasteiger partial charge in [-0.1, -0.05) is 39.0 Å². The molecule has 0 bridgehead atoms. The number of fused-ring (bicyclic) bond motifs is 3. The number of hydrogen-bond donors (Lipinski definition) is 2. The lowest BCUT2D eigenvalue weighted by Gasteiger charge is -2.35. The molecule has 3 amide bonds. The molecule has 0 unspecified atom stereocenters. The van der Waals surface area contributed by atoms with E-state index in [1.807, 2.05) is 39.0 Å². The Balaban J connectivity index is 1.49. The van der Waals surface area contributed by atoms with Gasteiger partial charge in [0.15, 0.2) is 11.6 Å². The highest BCUT2D eigenvalue weighted by atomic mass is 19.2. The van der Waals surface area contributed by atoms with E-state index in [1.165, 1.54) is 29.0 Å². The predicted molar refractivity (Wildman–Crippen MR) is 141 cm³/mol. The molecule has 39 heavy (non-hydrogen) atoms. The third-order valence-corrected chi connectivity index (χ3v) is 7.72. The number of nitrogens with zero attached hydrogens (tertiary/aromatic N) is 3. The zero-order valence-electron chi connectivity index (χ0n) is 22.1. The quantitative estimate of drug-likeness (QED) is 0.520. The largest absolute Gasteiger partial charge is 0.350 e. The Morgan fingerprint density at radius 3 is 2.64 bits per heavy atom. The molecule has 1 saturated heterocycles. The summed E-state index contributed by atoms with van der Waals surface area (Å²) in [5, 5.41) is 12.8. The maximum atomic E-state index is 14.3. The fourth-order valence-corrected chi connectivity index (χ4v) is 5.74. The molecule has 3 atom stereocenters. The van der Waals surface area contributed by atoms with E-state index < -0.39 is 40.9 Å². The highest BCUT2D eigenvalue weighted by Gasteiger charge is 2.56. The van der Waals surface area contributed by atoms with E-state index in [-0.39, 0.29) is 47.3 Å². The Kier molecular flexibility index (Phi) is 6.21. The van der Waals surface area contributed by atoms with E-state index in [4.69, 9.17) is 0 Å². The number of anilines is 1. The summed E-state index contributed by atoms with van der Waals surface area (Å²) in [5.41, 5.74) is 0.217. The highest BCUT2D eigenvalue weighted by molar-refractivity contribution is 6.07.